The first-order valence-electron chi connectivity index (χ1n) is 9.24. The quantitative estimate of drug-likeness (QED) is 0.535. The first-order valence-corrected chi connectivity index (χ1v) is 9.24. The van der Waals surface area contributed by atoms with Crippen molar-refractivity contribution in [1.82, 2.24) is 0 Å². The third-order valence-corrected chi connectivity index (χ3v) is 6.24. The van der Waals surface area contributed by atoms with Crippen LogP contribution in [-0.4, -0.2) is 0 Å². The van der Waals surface area contributed by atoms with E-state index in [0.717, 1.165) is 29.6 Å². The van der Waals surface area contributed by atoms with Crippen LogP contribution in [-0.2, 0) is 0 Å². The molecular weight excluding hydrogens is 228 g/mol. The van der Waals surface area contributed by atoms with Gasteiger partial charge in [-0.3, -0.25) is 0 Å². The van der Waals surface area contributed by atoms with Gasteiger partial charge in [-0.05, 0) is 55.3 Å². The monoisotopic (exact) mass is 264 g/mol. The van der Waals surface area contributed by atoms with Gasteiger partial charge in [-0.2, -0.15) is 0 Å². The molecule has 0 aromatic rings. The minimum absolute atomic E-state index is 1.01. The van der Waals surface area contributed by atoms with Crippen molar-refractivity contribution < 1.29 is 0 Å². The lowest BCUT2D eigenvalue weighted by atomic mass is 9.64. The minimum atomic E-state index is 1.01. The first-order chi connectivity index (χ1) is 9.24. The fourth-order valence-corrected chi connectivity index (χ4v) is 5.22. The molecule has 0 heterocycles. The van der Waals surface area contributed by atoms with Gasteiger partial charge in [0, 0.05) is 0 Å². The Labute approximate surface area is 121 Å². The van der Waals surface area contributed by atoms with Gasteiger partial charge in [-0.15, -0.1) is 0 Å². The van der Waals surface area contributed by atoms with Gasteiger partial charge in [-0.1, -0.05) is 65.7 Å². The Kier molecular flexibility index (Phi) is 6.23. The van der Waals surface area contributed by atoms with Crippen LogP contribution in [0.25, 0.3) is 0 Å². The largest absolute Gasteiger partial charge is 0.0654 e. The second kappa shape index (κ2) is 7.70. The Morgan fingerprint density at radius 3 is 1.89 bits per heavy atom. The maximum Gasteiger partial charge on any atom is -0.0360 e. The van der Waals surface area contributed by atoms with Crippen LogP contribution in [0.1, 0.15) is 91.4 Å². The molecule has 0 spiro atoms. The fraction of sp³-hybridized carbons (Fsp3) is 1.00. The molecule has 2 rings (SSSR count). The maximum atomic E-state index is 2.56. The van der Waals surface area contributed by atoms with Crippen molar-refractivity contribution in [2.45, 2.75) is 91.4 Å². The van der Waals surface area contributed by atoms with Crippen LogP contribution in [0.15, 0.2) is 0 Å². The molecule has 0 radical (unpaired) electrons. The molecule has 0 aromatic heterocycles. The van der Waals surface area contributed by atoms with Gasteiger partial charge in [0.1, 0.15) is 0 Å². The average molecular weight is 264 g/mol. The van der Waals surface area contributed by atoms with Crippen LogP contribution in [0, 0.1) is 29.6 Å². The SMILES string of the molecule is CCCC1CCC(C2CCC(CCC)CC2C)CC1. The summed E-state index contributed by atoms with van der Waals surface area (Å²) in [4.78, 5) is 0. The number of rotatable bonds is 5. The third-order valence-electron chi connectivity index (χ3n) is 6.24. The molecule has 3 unspecified atom stereocenters. The molecule has 3 atom stereocenters. The zero-order valence-electron chi connectivity index (χ0n) is 13.7. The van der Waals surface area contributed by atoms with Crippen LogP contribution in [0.2, 0.25) is 0 Å². The summed E-state index contributed by atoms with van der Waals surface area (Å²) in [7, 11) is 0. The molecule has 2 aliphatic rings. The molecule has 0 saturated heterocycles. The average Bonchev–Trinajstić information content (AvgIpc) is 2.41. The molecule has 0 bridgehead atoms. The van der Waals surface area contributed by atoms with E-state index in [9.17, 15) is 0 Å². The van der Waals surface area contributed by atoms with Crippen LogP contribution in [0.3, 0.4) is 0 Å². The summed E-state index contributed by atoms with van der Waals surface area (Å²) in [5, 5.41) is 0. The van der Waals surface area contributed by atoms with Crippen molar-refractivity contribution in [3.63, 3.8) is 0 Å². The highest BCUT2D eigenvalue weighted by atomic mass is 14.4. The van der Waals surface area contributed by atoms with Gasteiger partial charge in [0.05, 0.1) is 0 Å². The van der Waals surface area contributed by atoms with Crippen molar-refractivity contribution in [1.29, 1.82) is 0 Å². The summed E-state index contributed by atoms with van der Waals surface area (Å²) in [6, 6.07) is 0. The molecule has 0 N–H and O–H groups in total. The van der Waals surface area contributed by atoms with Crippen LogP contribution in [0.4, 0.5) is 0 Å². The van der Waals surface area contributed by atoms with Gasteiger partial charge in [0.2, 0.25) is 0 Å². The molecule has 2 fully saturated rings. The van der Waals surface area contributed by atoms with Crippen molar-refractivity contribution in [2.75, 3.05) is 0 Å². The molecule has 0 aliphatic heterocycles. The van der Waals surface area contributed by atoms with Gasteiger partial charge < -0.3 is 0 Å². The molecule has 112 valence electrons. The zero-order chi connectivity index (χ0) is 13.7. The van der Waals surface area contributed by atoms with E-state index in [1.807, 2.05) is 0 Å². The Balaban J connectivity index is 1.77. The summed E-state index contributed by atoms with van der Waals surface area (Å²) < 4.78 is 0. The van der Waals surface area contributed by atoms with Gasteiger partial charge in [-0.25, -0.2) is 0 Å². The zero-order valence-corrected chi connectivity index (χ0v) is 13.7. The molecule has 2 saturated carbocycles. The second-order valence-electron chi connectivity index (χ2n) is 7.68. The molecule has 0 nitrogen and oxygen atoms in total. The van der Waals surface area contributed by atoms with Crippen molar-refractivity contribution in [3.8, 4) is 0 Å². The Bertz CT molecular complexity index is 236. The van der Waals surface area contributed by atoms with Crippen molar-refractivity contribution >= 4 is 0 Å². The maximum absolute atomic E-state index is 2.56. The van der Waals surface area contributed by atoms with E-state index < -0.39 is 0 Å². The lowest BCUT2D eigenvalue weighted by molar-refractivity contribution is 0.0927. The summed E-state index contributed by atoms with van der Waals surface area (Å²) >= 11 is 0. The van der Waals surface area contributed by atoms with E-state index in [-0.39, 0.29) is 0 Å². The number of hydrogen-bond acceptors (Lipinski definition) is 0. The molecule has 0 heteroatoms. The lowest BCUT2D eigenvalue weighted by Crippen LogP contribution is -2.31. The normalized spacial score (nSPS) is 40.3. The molecule has 0 amide bonds. The summed E-state index contributed by atoms with van der Waals surface area (Å²) in [5.74, 6) is 5.32. The van der Waals surface area contributed by atoms with Crippen molar-refractivity contribution in [2.24, 2.45) is 29.6 Å². The highest BCUT2D eigenvalue weighted by Gasteiger charge is 2.34. The van der Waals surface area contributed by atoms with E-state index in [2.05, 4.69) is 20.8 Å². The fourth-order valence-electron chi connectivity index (χ4n) is 5.22. The molecule has 19 heavy (non-hydrogen) atoms. The topological polar surface area (TPSA) is 0 Å². The highest BCUT2D eigenvalue weighted by molar-refractivity contribution is 4.85. The van der Waals surface area contributed by atoms with E-state index in [1.54, 1.807) is 32.1 Å². The predicted octanol–water partition coefficient (Wildman–Crippen LogP) is 6.45. The highest BCUT2D eigenvalue weighted by Crippen LogP contribution is 2.45. The predicted molar refractivity (Wildman–Crippen MR) is 85.3 cm³/mol. The lowest BCUT2D eigenvalue weighted by Gasteiger charge is -2.41. The third kappa shape index (κ3) is 4.23. The Morgan fingerprint density at radius 2 is 1.32 bits per heavy atom. The minimum Gasteiger partial charge on any atom is -0.0654 e. The van der Waals surface area contributed by atoms with Gasteiger partial charge in [0.15, 0.2) is 0 Å². The van der Waals surface area contributed by atoms with E-state index in [1.165, 1.54) is 38.5 Å². The number of hydrogen-bond donors (Lipinski definition) is 0. The van der Waals surface area contributed by atoms with Gasteiger partial charge in [0.25, 0.3) is 0 Å². The van der Waals surface area contributed by atoms with E-state index in [0.29, 0.717) is 0 Å². The second-order valence-corrected chi connectivity index (χ2v) is 7.68. The molecule has 2 aliphatic carbocycles. The Morgan fingerprint density at radius 1 is 0.737 bits per heavy atom. The van der Waals surface area contributed by atoms with Crippen LogP contribution >= 0.6 is 0 Å². The molecular formula is C19H36. The summed E-state index contributed by atoms with van der Waals surface area (Å²) in [5.41, 5.74) is 0. The van der Waals surface area contributed by atoms with E-state index >= 15 is 0 Å². The van der Waals surface area contributed by atoms with Crippen molar-refractivity contribution in [3.05, 3.63) is 0 Å². The van der Waals surface area contributed by atoms with Crippen LogP contribution in [0.5, 0.6) is 0 Å². The summed E-state index contributed by atoms with van der Waals surface area (Å²) in [6.45, 7) is 7.26. The standard InChI is InChI=1S/C19H36/c1-4-6-16-8-11-18(12-9-16)19-13-10-17(7-5-2)14-15(19)3/h15-19H,4-14H2,1-3H3. The Hall–Kier alpha value is 0. The summed E-state index contributed by atoms with van der Waals surface area (Å²) in [6.07, 6.45) is 16.6. The van der Waals surface area contributed by atoms with Gasteiger partial charge >= 0.3 is 0 Å². The van der Waals surface area contributed by atoms with Crippen LogP contribution < -0.4 is 0 Å². The molecule has 0 aromatic carbocycles. The smallest absolute Gasteiger partial charge is 0.0360 e. The first kappa shape index (κ1) is 15.4. The van der Waals surface area contributed by atoms with E-state index in [4.69, 9.17) is 0 Å².